The van der Waals surface area contributed by atoms with Crippen LogP contribution in [0.1, 0.15) is 23.3 Å². The molecule has 1 aliphatic carbocycles. The van der Waals surface area contributed by atoms with Crippen molar-refractivity contribution in [2.24, 2.45) is 7.05 Å². The van der Waals surface area contributed by atoms with Crippen molar-refractivity contribution < 1.29 is 0 Å². The molecular weight excluding hydrogens is 352 g/mol. The van der Waals surface area contributed by atoms with E-state index in [9.17, 15) is 4.79 Å². The lowest BCUT2D eigenvalue weighted by molar-refractivity contribution is 0.700. The van der Waals surface area contributed by atoms with Gasteiger partial charge in [0.2, 0.25) is 0 Å². The van der Waals surface area contributed by atoms with Gasteiger partial charge in [0.05, 0.1) is 16.5 Å². The molecule has 126 valence electrons. The van der Waals surface area contributed by atoms with E-state index in [0.717, 1.165) is 38.4 Å². The van der Waals surface area contributed by atoms with Crippen LogP contribution < -0.4 is 5.56 Å². The van der Waals surface area contributed by atoms with Gasteiger partial charge in [0.15, 0.2) is 5.82 Å². The van der Waals surface area contributed by atoms with Crippen LogP contribution in [0.15, 0.2) is 29.3 Å². The van der Waals surface area contributed by atoms with E-state index in [2.05, 4.69) is 16.1 Å². The highest BCUT2D eigenvalue weighted by atomic mass is 32.1. The number of hydrogen-bond acceptors (Lipinski definition) is 5. The van der Waals surface area contributed by atoms with Crippen LogP contribution in [0.3, 0.4) is 0 Å². The maximum absolute atomic E-state index is 12.7. The Morgan fingerprint density at radius 2 is 2.00 bits per heavy atom. The number of aryl methyl sites for hydroxylation is 3. The summed E-state index contributed by atoms with van der Waals surface area (Å²) in [6.07, 6.45) is 8.30. The van der Waals surface area contributed by atoms with Crippen molar-refractivity contribution in [1.29, 1.82) is 0 Å². The van der Waals surface area contributed by atoms with E-state index in [4.69, 9.17) is 4.98 Å². The average Bonchev–Trinajstić information content (AvgIpc) is 3.31. The monoisotopic (exact) mass is 368 g/mol. The van der Waals surface area contributed by atoms with Crippen LogP contribution in [0.5, 0.6) is 0 Å². The van der Waals surface area contributed by atoms with Gasteiger partial charge in [-0.1, -0.05) is 0 Å². The molecule has 1 aliphatic rings. The third kappa shape index (κ3) is 2.46. The quantitative estimate of drug-likeness (QED) is 0.582. The summed E-state index contributed by atoms with van der Waals surface area (Å²) in [6.45, 7) is 0. The summed E-state index contributed by atoms with van der Waals surface area (Å²) in [4.78, 5) is 24.8. The second-order valence-electron chi connectivity index (χ2n) is 6.37. The van der Waals surface area contributed by atoms with Gasteiger partial charge in [-0.05, 0) is 43.4 Å². The third-order valence-corrected chi connectivity index (χ3v) is 6.98. The zero-order valence-corrected chi connectivity index (χ0v) is 15.3. The van der Waals surface area contributed by atoms with E-state index in [-0.39, 0.29) is 5.56 Å². The first kappa shape index (κ1) is 15.0. The fourth-order valence-corrected chi connectivity index (χ4v) is 5.64. The molecule has 0 aliphatic heterocycles. The number of hydrogen-bond donors (Lipinski definition) is 1. The Kier molecular flexibility index (Phi) is 3.39. The minimum atomic E-state index is -0.00396. The van der Waals surface area contributed by atoms with Gasteiger partial charge < -0.3 is 4.98 Å². The zero-order chi connectivity index (χ0) is 17.0. The molecule has 0 saturated heterocycles. The summed E-state index contributed by atoms with van der Waals surface area (Å²) in [5.41, 5.74) is 2.30. The van der Waals surface area contributed by atoms with E-state index in [0.29, 0.717) is 5.82 Å². The maximum atomic E-state index is 12.7. The first-order valence-corrected chi connectivity index (χ1v) is 9.96. The van der Waals surface area contributed by atoms with Crippen molar-refractivity contribution >= 4 is 32.9 Å². The highest BCUT2D eigenvalue weighted by Crippen LogP contribution is 2.36. The minimum absolute atomic E-state index is 0.00396. The Morgan fingerprint density at radius 1 is 1.16 bits per heavy atom. The number of nitrogens with zero attached hydrogens (tertiary/aromatic N) is 3. The van der Waals surface area contributed by atoms with Gasteiger partial charge in [-0.15, -0.1) is 22.7 Å². The molecule has 0 bridgehead atoms. The summed E-state index contributed by atoms with van der Waals surface area (Å²) in [6, 6.07) is 4.07. The number of aromatic amines is 1. The zero-order valence-electron chi connectivity index (χ0n) is 13.7. The Hall–Kier alpha value is -2.25. The van der Waals surface area contributed by atoms with E-state index in [1.165, 1.54) is 23.3 Å². The number of H-pyrrole nitrogens is 1. The van der Waals surface area contributed by atoms with Crippen molar-refractivity contribution in [2.45, 2.75) is 25.7 Å². The highest BCUT2D eigenvalue weighted by Gasteiger charge is 2.20. The van der Waals surface area contributed by atoms with Crippen molar-refractivity contribution in [3.8, 4) is 21.1 Å². The summed E-state index contributed by atoms with van der Waals surface area (Å²) in [7, 11) is 1.91. The summed E-state index contributed by atoms with van der Waals surface area (Å²) in [5.74, 6) is 0.663. The van der Waals surface area contributed by atoms with Crippen LogP contribution in [0.25, 0.3) is 31.4 Å². The Balaban J connectivity index is 1.62. The number of aromatic nitrogens is 4. The summed E-state index contributed by atoms with van der Waals surface area (Å²) >= 11 is 3.31. The van der Waals surface area contributed by atoms with Gasteiger partial charge in [-0.3, -0.25) is 9.48 Å². The van der Waals surface area contributed by atoms with Crippen molar-refractivity contribution in [3.05, 3.63) is 45.3 Å². The molecule has 0 spiro atoms. The van der Waals surface area contributed by atoms with Crippen molar-refractivity contribution in [3.63, 3.8) is 0 Å². The SMILES string of the molecule is Cn1cc(-c2ccc(-c3nc4sc5c(c4c(=O)[nH]3)CCCC5)s2)cn1. The van der Waals surface area contributed by atoms with Crippen LogP contribution >= 0.6 is 22.7 Å². The lowest BCUT2D eigenvalue weighted by Crippen LogP contribution is -2.10. The first-order chi connectivity index (χ1) is 12.2. The second kappa shape index (κ2) is 5.64. The molecule has 25 heavy (non-hydrogen) atoms. The van der Waals surface area contributed by atoms with Gasteiger partial charge in [0.1, 0.15) is 4.83 Å². The normalized spacial score (nSPS) is 14.1. The van der Waals surface area contributed by atoms with E-state index >= 15 is 0 Å². The van der Waals surface area contributed by atoms with E-state index < -0.39 is 0 Å². The predicted octanol–water partition coefficient (Wildman–Crippen LogP) is 3.99. The topological polar surface area (TPSA) is 63.6 Å². The largest absolute Gasteiger partial charge is 0.305 e. The molecule has 0 radical (unpaired) electrons. The van der Waals surface area contributed by atoms with Crippen LogP contribution in [0.2, 0.25) is 0 Å². The molecule has 4 aromatic rings. The summed E-state index contributed by atoms with van der Waals surface area (Å²) in [5, 5.41) is 5.03. The fourth-order valence-electron chi connectivity index (χ4n) is 3.45. The minimum Gasteiger partial charge on any atom is -0.305 e. The lowest BCUT2D eigenvalue weighted by Gasteiger charge is -2.09. The van der Waals surface area contributed by atoms with Gasteiger partial charge in [-0.25, -0.2) is 4.98 Å². The molecule has 4 heterocycles. The van der Waals surface area contributed by atoms with Crippen LogP contribution in [0.4, 0.5) is 0 Å². The first-order valence-electron chi connectivity index (χ1n) is 8.33. The van der Waals surface area contributed by atoms with Crippen LogP contribution in [0, 0.1) is 0 Å². The van der Waals surface area contributed by atoms with Gasteiger partial charge in [0, 0.05) is 28.6 Å². The van der Waals surface area contributed by atoms with Gasteiger partial charge >= 0.3 is 0 Å². The van der Waals surface area contributed by atoms with Gasteiger partial charge in [-0.2, -0.15) is 5.10 Å². The predicted molar refractivity (Wildman–Crippen MR) is 102 cm³/mol. The standard InChI is InChI=1S/C18H16N4OS2/c1-22-9-10(8-19-22)12-6-7-14(24-12)16-20-17(23)15-11-4-2-3-5-13(11)25-18(15)21-16/h6-9H,2-5H2,1H3,(H,20,21,23). The van der Waals surface area contributed by atoms with Crippen molar-refractivity contribution in [2.75, 3.05) is 0 Å². The van der Waals surface area contributed by atoms with E-state index in [1.54, 1.807) is 27.4 Å². The molecule has 0 aromatic carbocycles. The number of thiophene rings is 2. The molecule has 5 rings (SSSR count). The number of rotatable bonds is 2. The molecule has 0 amide bonds. The molecular formula is C18H16N4OS2. The van der Waals surface area contributed by atoms with Crippen molar-refractivity contribution in [1.82, 2.24) is 19.7 Å². The number of fused-ring (bicyclic) bond motifs is 3. The molecule has 5 nitrogen and oxygen atoms in total. The smallest absolute Gasteiger partial charge is 0.260 e. The Labute approximate surface area is 152 Å². The Bertz CT molecular complexity index is 1150. The fraction of sp³-hybridized carbons (Fsp3) is 0.278. The molecule has 4 aromatic heterocycles. The van der Waals surface area contributed by atoms with Crippen LogP contribution in [-0.4, -0.2) is 19.7 Å². The van der Waals surface area contributed by atoms with Gasteiger partial charge in [0.25, 0.3) is 5.56 Å². The Morgan fingerprint density at radius 3 is 2.84 bits per heavy atom. The average molecular weight is 368 g/mol. The highest BCUT2D eigenvalue weighted by molar-refractivity contribution is 7.19. The second-order valence-corrected chi connectivity index (χ2v) is 8.54. The molecule has 0 atom stereocenters. The third-order valence-electron chi connectivity index (χ3n) is 4.65. The van der Waals surface area contributed by atoms with Crippen LogP contribution in [-0.2, 0) is 19.9 Å². The molecule has 0 saturated carbocycles. The number of nitrogens with one attached hydrogen (secondary N) is 1. The van der Waals surface area contributed by atoms with E-state index in [1.807, 2.05) is 25.5 Å². The molecule has 7 heteroatoms. The molecule has 0 unspecified atom stereocenters. The lowest BCUT2D eigenvalue weighted by atomic mass is 9.97. The maximum Gasteiger partial charge on any atom is 0.260 e. The molecule has 1 N–H and O–H groups in total. The summed E-state index contributed by atoms with van der Waals surface area (Å²) < 4.78 is 1.79. The molecule has 0 fully saturated rings.